The standard InChI is InChI=1S/C17H24N2O3/c1-12(19-7-4-14(5-8-19)17(20)21)10-13-2-3-16-15(11-13)18-6-9-22-16/h2-3,11-12,14,18H,4-10H2,1H3,(H,20,21). The van der Waals surface area contributed by atoms with Crippen LogP contribution in [0.25, 0.3) is 0 Å². The summed E-state index contributed by atoms with van der Waals surface area (Å²) in [5, 5.41) is 12.4. The number of rotatable bonds is 4. The number of fused-ring (bicyclic) bond motifs is 1. The van der Waals surface area contributed by atoms with Gasteiger partial charge in [0, 0.05) is 12.6 Å². The van der Waals surface area contributed by atoms with E-state index in [-0.39, 0.29) is 5.92 Å². The second-order valence-electron chi connectivity index (χ2n) is 6.31. The summed E-state index contributed by atoms with van der Waals surface area (Å²) in [4.78, 5) is 13.4. The lowest BCUT2D eigenvalue weighted by Crippen LogP contribution is -2.42. The van der Waals surface area contributed by atoms with Gasteiger partial charge >= 0.3 is 5.97 Å². The first-order valence-electron chi connectivity index (χ1n) is 8.10. The van der Waals surface area contributed by atoms with Crippen molar-refractivity contribution >= 4 is 11.7 Å². The first-order chi connectivity index (χ1) is 10.6. The van der Waals surface area contributed by atoms with Gasteiger partial charge in [-0.1, -0.05) is 6.07 Å². The second kappa shape index (κ2) is 6.57. The van der Waals surface area contributed by atoms with E-state index >= 15 is 0 Å². The van der Waals surface area contributed by atoms with Gasteiger partial charge < -0.3 is 20.1 Å². The van der Waals surface area contributed by atoms with Crippen LogP contribution in [0.15, 0.2) is 18.2 Å². The lowest BCUT2D eigenvalue weighted by Gasteiger charge is -2.35. The Morgan fingerprint density at radius 2 is 2.23 bits per heavy atom. The van der Waals surface area contributed by atoms with Gasteiger partial charge in [-0.25, -0.2) is 0 Å². The van der Waals surface area contributed by atoms with Gasteiger partial charge in [-0.05, 0) is 57.0 Å². The number of nitrogens with zero attached hydrogens (tertiary/aromatic N) is 1. The summed E-state index contributed by atoms with van der Waals surface area (Å²) in [5.41, 5.74) is 2.38. The van der Waals surface area contributed by atoms with Crippen molar-refractivity contribution in [1.29, 1.82) is 0 Å². The second-order valence-corrected chi connectivity index (χ2v) is 6.31. The van der Waals surface area contributed by atoms with E-state index in [2.05, 4.69) is 29.3 Å². The molecule has 2 aliphatic rings. The average molecular weight is 304 g/mol. The number of hydrogen-bond donors (Lipinski definition) is 2. The largest absolute Gasteiger partial charge is 0.490 e. The molecule has 0 amide bonds. The SMILES string of the molecule is CC(Cc1ccc2c(c1)NCCO2)N1CCC(C(=O)O)CC1. The van der Waals surface area contributed by atoms with Gasteiger partial charge in [-0.15, -0.1) is 0 Å². The molecule has 22 heavy (non-hydrogen) atoms. The molecule has 120 valence electrons. The van der Waals surface area contributed by atoms with Crippen molar-refractivity contribution in [3.63, 3.8) is 0 Å². The Morgan fingerprint density at radius 1 is 1.45 bits per heavy atom. The van der Waals surface area contributed by atoms with Crippen LogP contribution in [0.5, 0.6) is 5.75 Å². The number of carboxylic acid groups (broad SMARTS) is 1. The van der Waals surface area contributed by atoms with E-state index in [1.165, 1.54) is 5.56 Å². The molecule has 3 rings (SSSR count). The number of benzene rings is 1. The highest BCUT2D eigenvalue weighted by molar-refractivity contribution is 5.70. The molecule has 1 fully saturated rings. The molecule has 1 unspecified atom stereocenters. The molecule has 1 atom stereocenters. The minimum atomic E-state index is -0.645. The van der Waals surface area contributed by atoms with E-state index in [4.69, 9.17) is 9.84 Å². The zero-order chi connectivity index (χ0) is 15.5. The van der Waals surface area contributed by atoms with E-state index in [9.17, 15) is 4.79 Å². The van der Waals surface area contributed by atoms with Crippen molar-refractivity contribution < 1.29 is 14.6 Å². The molecule has 2 N–H and O–H groups in total. The molecule has 5 nitrogen and oxygen atoms in total. The number of carbonyl (C=O) groups is 1. The molecule has 1 saturated heterocycles. The number of aliphatic carboxylic acids is 1. The molecule has 0 aromatic heterocycles. The van der Waals surface area contributed by atoms with Crippen LogP contribution in [-0.2, 0) is 11.2 Å². The highest BCUT2D eigenvalue weighted by Crippen LogP contribution is 2.29. The van der Waals surface area contributed by atoms with Crippen molar-refractivity contribution in [2.45, 2.75) is 32.2 Å². The molecule has 0 aliphatic carbocycles. The first kappa shape index (κ1) is 15.2. The monoisotopic (exact) mass is 304 g/mol. The summed E-state index contributed by atoms with van der Waals surface area (Å²) in [5.74, 6) is 0.131. The van der Waals surface area contributed by atoms with Crippen LogP contribution in [0.3, 0.4) is 0 Å². The topological polar surface area (TPSA) is 61.8 Å². The molecule has 2 aliphatic heterocycles. The molecule has 5 heteroatoms. The van der Waals surface area contributed by atoms with Gasteiger partial charge in [-0.3, -0.25) is 4.79 Å². The molecule has 0 saturated carbocycles. The number of hydrogen-bond acceptors (Lipinski definition) is 4. The van der Waals surface area contributed by atoms with Gasteiger partial charge in [0.1, 0.15) is 12.4 Å². The molecule has 2 heterocycles. The first-order valence-corrected chi connectivity index (χ1v) is 8.10. The van der Waals surface area contributed by atoms with Crippen LogP contribution < -0.4 is 10.1 Å². The summed E-state index contributed by atoms with van der Waals surface area (Å²) in [6.07, 6.45) is 2.51. The van der Waals surface area contributed by atoms with Gasteiger partial charge in [0.2, 0.25) is 0 Å². The third kappa shape index (κ3) is 3.35. The number of carboxylic acids is 1. The molecule has 0 radical (unpaired) electrons. The third-order valence-electron chi connectivity index (χ3n) is 4.75. The Morgan fingerprint density at radius 3 is 2.95 bits per heavy atom. The Bertz CT molecular complexity index is 539. The van der Waals surface area contributed by atoms with E-state index < -0.39 is 5.97 Å². The van der Waals surface area contributed by atoms with E-state index in [1.54, 1.807) is 0 Å². The van der Waals surface area contributed by atoms with Crippen LogP contribution in [-0.4, -0.2) is 48.3 Å². The summed E-state index contributed by atoms with van der Waals surface area (Å²) < 4.78 is 5.61. The fraction of sp³-hybridized carbons (Fsp3) is 0.588. The number of likely N-dealkylation sites (tertiary alicyclic amines) is 1. The molecule has 0 bridgehead atoms. The predicted octanol–water partition coefficient (Wildman–Crippen LogP) is 2.22. The Kier molecular flexibility index (Phi) is 4.52. The quantitative estimate of drug-likeness (QED) is 0.893. The molecule has 1 aromatic carbocycles. The minimum Gasteiger partial charge on any atom is -0.490 e. The normalized spacial score (nSPS) is 20.6. The van der Waals surface area contributed by atoms with Crippen LogP contribution >= 0.6 is 0 Å². The van der Waals surface area contributed by atoms with E-state index in [1.807, 2.05) is 6.07 Å². The maximum Gasteiger partial charge on any atom is 0.306 e. The number of ether oxygens (including phenoxy) is 1. The molecule has 1 aromatic rings. The van der Waals surface area contributed by atoms with Gasteiger partial charge in [0.05, 0.1) is 11.6 Å². The maximum absolute atomic E-state index is 11.0. The lowest BCUT2D eigenvalue weighted by atomic mass is 9.95. The number of anilines is 1. The maximum atomic E-state index is 11.0. The molecule has 0 spiro atoms. The molecular formula is C17H24N2O3. The van der Waals surface area contributed by atoms with Crippen LogP contribution in [0.2, 0.25) is 0 Å². The van der Waals surface area contributed by atoms with Crippen molar-refractivity contribution in [2.75, 3.05) is 31.6 Å². The average Bonchev–Trinajstić information content (AvgIpc) is 2.55. The molecular weight excluding hydrogens is 280 g/mol. The summed E-state index contributed by atoms with van der Waals surface area (Å²) >= 11 is 0. The Labute approximate surface area is 131 Å². The predicted molar refractivity (Wildman–Crippen MR) is 85.5 cm³/mol. The van der Waals surface area contributed by atoms with E-state index in [0.717, 1.165) is 56.9 Å². The van der Waals surface area contributed by atoms with Crippen LogP contribution in [0, 0.1) is 5.92 Å². The number of piperidine rings is 1. The Hall–Kier alpha value is -1.75. The number of nitrogens with one attached hydrogen (secondary N) is 1. The lowest BCUT2D eigenvalue weighted by molar-refractivity contribution is -0.143. The van der Waals surface area contributed by atoms with Crippen LogP contribution in [0.1, 0.15) is 25.3 Å². The van der Waals surface area contributed by atoms with Gasteiger partial charge in [-0.2, -0.15) is 0 Å². The highest BCUT2D eigenvalue weighted by atomic mass is 16.5. The van der Waals surface area contributed by atoms with E-state index in [0.29, 0.717) is 6.04 Å². The minimum absolute atomic E-state index is 0.159. The fourth-order valence-electron chi connectivity index (χ4n) is 3.37. The van der Waals surface area contributed by atoms with Crippen molar-refractivity contribution in [3.8, 4) is 5.75 Å². The zero-order valence-electron chi connectivity index (χ0n) is 13.0. The van der Waals surface area contributed by atoms with Crippen molar-refractivity contribution in [1.82, 2.24) is 4.90 Å². The third-order valence-corrected chi connectivity index (χ3v) is 4.75. The van der Waals surface area contributed by atoms with Crippen LogP contribution in [0.4, 0.5) is 5.69 Å². The zero-order valence-corrected chi connectivity index (χ0v) is 13.0. The summed E-state index contributed by atoms with van der Waals surface area (Å²) in [7, 11) is 0. The van der Waals surface area contributed by atoms with Crippen molar-refractivity contribution in [3.05, 3.63) is 23.8 Å². The highest BCUT2D eigenvalue weighted by Gasteiger charge is 2.26. The smallest absolute Gasteiger partial charge is 0.306 e. The fourth-order valence-corrected chi connectivity index (χ4v) is 3.37. The van der Waals surface area contributed by atoms with Crippen molar-refractivity contribution in [2.24, 2.45) is 5.92 Å². The Balaban J connectivity index is 1.58. The van der Waals surface area contributed by atoms with Gasteiger partial charge in [0.15, 0.2) is 0 Å². The summed E-state index contributed by atoms with van der Waals surface area (Å²) in [6.45, 7) is 5.56. The summed E-state index contributed by atoms with van der Waals surface area (Å²) in [6, 6.07) is 6.78. The van der Waals surface area contributed by atoms with Gasteiger partial charge in [0.25, 0.3) is 0 Å².